The predicted molar refractivity (Wildman–Crippen MR) is 81.4 cm³/mol. The van der Waals surface area contributed by atoms with Gasteiger partial charge in [0.1, 0.15) is 0 Å². The first-order valence-corrected chi connectivity index (χ1v) is 7.24. The van der Waals surface area contributed by atoms with Crippen molar-refractivity contribution in [1.29, 1.82) is 0 Å². The maximum absolute atomic E-state index is 12.3. The van der Waals surface area contributed by atoms with Gasteiger partial charge in [-0.15, -0.1) is 11.3 Å². The molecule has 0 unspecified atom stereocenters. The molecule has 0 amide bonds. The molecule has 100 valence electrons. The molecule has 0 atom stereocenters. The fourth-order valence-corrected chi connectivity index (χ4v) is 2.68. The predicted octanol–water partition coefficient (Wildman–Crippen LogP) is 3.36. The van der Waals surface area contributed by atoms with Gasteiger partial charge in [0.15, 0.2) is 5.78 Å². The molecule has 1 aromatic rings. The van der Waals surface area contributed by atoms with Crippen molar-refractivity contribution in [3.8, 4) is 0 Å². The van der Waals surface area contributed by atoms with Crippen molar-refractivity contribution >= 4 is 29.4 Å². The number of nitrogens with zero attached hydrogens (tertiary/aromatic N) is 2. The van der Waals surface area contributed by atoms with Gasteiger partial charge in [-0.3, -0.25) is 4.79 Å². The van der Waals surface area contributed by atoms with Crippen LogP contribution in [0.3, 0.4) is 0 Å². The Labute approximate surface area is 117 Å². The van der Waals surface area contributed by atoms with Crippen LogP contribution in [0.2, 0.25) is 0 Å². The number of Topliss-reactive ketones (excluding diaryl/α,β-unsaturated/α-hetero) is 1. The van der Waals surface area contributed by atoms with E-state index >= 15 is 0 Å². The van der Waals surface area contributed by atoms with Crippen molar-refractivity contribution in [2.45, 2.75) is 19.3 Å². The lowest BCUT2D eigenvalue weighted by Gasteiger charge is -2.15. The molecular formula is C15H18N2OS. The Kier molecular flexibility index (Phi) is 4.68. The summed E-state index contributed by atoms with van der Waals surface area (Å²) in [5.41, 5.74) is 1.78. The van der Waals surface area contributed by atoms with Crippen molar-refractivity contribution in [2.24, 2.45) is 5.10 Å². The average Bonchev–Trinajstić information content (AvgIpc) is 2.86. The maximum Gasteiger partial charge on any atom is 0.185 e. The fraction of sp³-hybridized carbons (Fsp3) is 0.333. The number of hydrazone groups is 1. The Hall–Kier alpha value is -1.68. The minimum atomic E-state index is 0.171. The highest BCUT2D eigenvalue weighted by atomic mass is 32.1. The summed E-state index contributed by atoms with van der Waals surface area (Å²) in [5.74, 6) is 0.171. The molecule has 0 aliphatic heterocycles. The van der Waals surface area contributed by atoms with Crippen LogP contribution < -0.4 is 0 Å². The fourth-order valence-electron chi connectivity index (χ4n) is 2.00. The van der Waals surface area contributed by atoms with E-state index in [2.05, 4.69) is 5.10 Å². The summed E-state index contributed by atoms with van der Waals surface area (Å²) < 4.78 is 0. The second kappa shape index (κ2) is 6.48. The Bertz CT molecular complexity index is 524. The third-order valence-electron chi connectivity index (χ3n) is 2.91. The third kappa shape index (κ3) is 3.89. The zero-order valence-electron chi connectivity index (χ0n) is 11.3. The highest BCUT2D eigenvalue weighted by Gasteiger charge is 2.19. The summed E-state index contributed by atoms with van der Waals surface area (Å²) in [6.07, 6.45) is 8.30. The van der Waals surface area contributed by atoms with Gasteiger partial charge in [0.05, 0.1) is 0 Å². The highest BCUT2D eigenvalue weighted by Crippen LogP contribution is 2.27. The molecule has 0 bridgehead atoms. The largest absolute Gasteiger partial charge is 0.303 e. The Balaban J connectivity index is 2.15. The van der Waals surface area contributed by atoms with Crippen LogP contribution in [0, 0.1) is 0 Å². The van der Waals surface area contributed by atoms with Crippen LogP contribution in [0.25, 0.3) is 6.08 Å². The van der Waals surface area contributed by atoms with Crippen molar-refractivity contribution < 1.29 is 4.79 Å². The summed E-state index contributed by atoms with van der Waals surface area (Å²) in [4.78, 5) is 13.5. The topological polar surface area (TPSA) is 32.7 Å². The summed E-state index contributed by atoms with van der Waals surface area (Å²) >= 11 is 1.66. The number of carbonyl (C=O) groups is 1. The van der Waals surface area contributed by atoms with Crippen LogP contribution in [-0.4, -0.2) is 31.1 Å². The molecule has 1 aromatic heterocycles. The zero-order chi connectivity index (χ0) is 13.7. The van der Waals surface area contributed by atoms with Crippen LogP contribution >= 0.6 is 11.3 Å². The quantitative estimate of drug-likeness (QED) is 0.481. The summed E-state index contributed by atoms with van der Waals surface area (Å²) in [6.45, 7) is 0. The standard InChI is InChI=1S/C15H18N2OS/c1-17(2)16-9-8-12-5-3-6-13(15(12)18)11-14-7-4-10-19-14/h4,7-11H,3,5-6H2,1-2H3/b12-8+,13-11-,16-9+. The van der Waals surface area contributed by atoms with Gasteiger partial charge in [0.25, 0.3) is 0 Å². The normalized spacial score (nSPS) is 20.6. The summed E-state index contributed by atoms with van der Waals surface area (Å²) in [6, 6.07) is 4.04. The van der Waals surface area contributed by atoms with E-state index in [0.29, 0.717) is 0 Å². The molecule has 0 spiro atoms. The minimum Gasteiger partial charge on any atom is -0.303 e. The molecule has 1 heterocycles. The van der Waals surface area contributed by atoms with Crippen LogP contribution in [0.15, 0.2) is 39.8 Å². The van der Waals surface area contributed by atoms with Gasteiger partial charge in [-0.1, -0.05) is 6.07 Å². The van der Waals surface area contributed by atoms with Crippen molar-refractivity contribution in [3.05, 3.63) is 39.6 Å². The average molecular weight is 274 g/mol. The molecular weight excluding hydrogens is 256 g/mol. The Morgan fingerprint density at radius 2 is 2.11 bits per heavy atom. The summed E-state index contributed by atoms with van der Waals surface area (Å²) in [7, 11) is 3.72. The molecule has 1 saturated carbocycles. The van der Waals surface area contributed by atoms with Gasteiger partial charge in [-0.2, -0.15) is 5.10 Å². The molecule has 1 aliphatic rings. The molecule has 0 N–H and O–H groups in total. The lowest BCUT2D eigenvalue weighted by atomic mass is 9.88. The molecule has 4 heteroatoms. The van der Waals surface area contributed by atoms with Crippen LogP contribution in [-0.2, 0) is 4.79 Å². The van der Waals surface area contributed by atoms with E-state index in [1.54, 1.807) is 22.6 Å². The Morgan fingerprint density at radius 1 is 1.32 bits per heavy atom. The molecule has 0 radical (unpaired) electrons. The molecule has 3 nitrogen and oxygen atoms in total. The zero-order valence-corrected chi connectivity index (χ0v) is 12.1. The van der Waals surface area contributed by atoms with Crippen LogP contribution in [0.5, 0.6) is 0 Å². The van der Waals surface area contributed by atoms with Crippen molar-refractivity contribution in [1.82, 2.24) is 5.01 Å². The van der Waals surface area contributed by atoms with E-state index in [1.165, 1.54) is 0 Å². The van der Waals surface area contributed by atoms with Gasteiger partial charge in [-0.05, 0) is 42.9 Å². The number of carbonyl (C=O) groups excluding carboxylic acids is 1. The van der Waals surface area contributed by atoms with Gasteiger partial charge >= 0.3 is 0 Å². The van der Waals surface area contributed by atoms with Crippen LogP contribution in [0.4, 0.5) is 0 Å². The number of rotatable bonds is 3. The van der Waals surface area contributed by atoms with E-state index in [1.807, 2.05) is 43.8 Å². The van der Waals surface area contributed by atoms with E-state index in [0.717, 1.165) is 35.3 Å². The molecule has 19 heavy (non-hydrogen) atoms. The minimum absolute atomic E-state index is 0.171. The monoisotopic (exact) mass is 274 g/mol. The van der Waals surface area contributed by atoms with Crippen LogP contribution in [0.1, 0.15) is 24.1 Å². The molecule has 0 saturated heterocycles. The number of ketones is 1. The molecule has 2 rings (SSSR count). The van der Waals surface area contributed by atoms with Crippen molar-refractivity contribution in [2.75, 3.05) is 14.1 Å². The SMILES string of the molecule is CN(C)/N=C/C=C1\CCC/C(=C/c2cccs2)C1=O. The lowest BCUT2D eigenvalue weighted by molar-refractivity contribution is -0.112. The number of allylic oxidation sites excluding steroid dienone is 3. The Morgan fingerprint density at radius 3 is 2.79 bits per heavy atom. The third-order valence-corrected chi connectivity index (χ3v) is 3.73. The number of hydrogen-bond donors (Lipinski definition) is 0. The summed E-state index contributed by atoms with van der Waals surface area (Å²) in [5, 5.41) is 7.86. The van der Waals surface area contributed by atoms with Gasteiger partial charge in [0, 0.05) is 36.3 Å². The lowest BCUT2D eigenvalue weighted by Crippen LogP contribution is -2.12. The first kappa shape index (κ1) is 13.7. The van der Waals surface area contributed by atoms with E-state index in [9.17, 15) is 4.79 Å². The van der Waals surface area contributed by atoms with Crippen molar-refractivity contribution in [3.63, 3.8) is 0 Å². The second-order valence-electron chi connectivity index (χ2n) is 4.67. The molecule has 0 aromatic carbocycles. The van der Waals surface area contributed by atoms with Gasteiger partial charge < -0.3 is 5.01 Å². The molecule has 1 aliphatic carbocycles. The first-order chi connectivity index (χ1) is 9.16. The number of thiophene rings is 1. The van der Waals surface area contributed by atoms with E-state index in [4.69, 9.17) is 0 Å². The highest BCUT2D eigenvalue weighted by molar-refractivity contribution is 7.10. The van der Waals surface area contributed by atoms with E-state index in [-0.39, 0.29) is 5.78 Å². The van der Waals surface area contributed by atoms with Gasteiger partial charge in [0.2, 0.25) is 0 Å². The smallest absolute Gasteiger partial charge is 0.185 e. The van der Waals surface area contributed by atoms with Gasteiger partial charge in [-0.25, -0.2) is 0 Å². The molecule has 1 fully saturated rings. The van der Waals surface area contributed by atoms with E-state index < -0.39 is 0 Å². The second-order valence-corrected chi connectivity index (χ2v) is 5.65. The first-order valence-electron chi connectivity index (χ1n) is 6.36. The maximum atomic E-state index is 12.3. The number of hydrogen-bond acceptors (Lipinski definition) is 4.